The Morgan fingerprint density at radius 2 is 1.90 bits per heavy atom. The third-order valence-electron chi connectivity index (χ3n) is 3.01. The number of rotatable bonds is 3. The van der Waals surface area contributed by atoms with Crippen LogP contribution in [-0.2, 0) is 0 Å². The lowest BCUT2D eigenvalue weighted by atomic mass is 10.0. The van der Waals surface area contributed by atoms with E-state index in [1.54, 1.807) is 18.2 Å². The van der Waals surface area contributed by atoms with Crippen molar-refractivity contribution in [2.75, 3.05) is 5.32 Å². The molecule has 4 heteroatoms. The van der Waals surface area contributed by atoms with E-state index in [-0.39, 0.29) is 5.91 Å². The lowest BCUT2D eigenvalue weighted by molar-refractivity contribution is 0.102. The van der Waals surface area contributed by atoms with Crippen LogP contribution in [0.15, 0.2) is 46.9 Å². The van der Waals surface area contributed by atoms with Gasteiger partial charge in [0.25, 0.3) is 5.91 Å². The molecular formula is C16H15BrClNO. The second kappa shape index (κ2) is 6.42. The fourth-order valence-electron chi connectivity index (χ4n) is 1.95. The van der Waals surface area contributed by atoms with Gasteiger partial charge in [0.1, 0.15) is 0 Å². The molecule has 0 saturated heterocycles. The van der Waals surface area contributed by atoms with Gasteiger partial charge in [-0.1, -0.05) is 43.6 Å². The quantitative estimate of drug-likeness (QED) is 0.779. The van der Waals surface area contributed by atoms with Crippen molar-refractivity contribution in [1.29, 1.82) is 0 Å². The first-order valence-electron chi connectivity index (χ1n) is 6.34. The molecule has 0 fully saturated rings. The van der Waals surface area contributed by atoms with Crippen LogP contribution < -0.4 is 5.32 Å². The van der Waals surface area contributed by atoms with Crippen LogP contribution in [0.3, 0.4) is 0 Å². The van der Waals surface area contributed by atoms with Crippen molar-refractivity contribution in [3.05, 3.63) is 63.1 Å². The van der Waals surface area contributed by atoms with Crippen molar-refractivity contribution >= 4 is 39.1 Å². The van der Waals surface area contributed by atoms with Crippen LogP contribution in [-0.4, -0.2) is 5.91 Å². The van der Waals surface area contributed by atoms with Gasteiger partial charge < -0.3 is 5.32 Å². The molecule has 0 spiro atoms. The summed E-state index contributed by atoms with van der Waals surface area (Å²) in [5.41, 5.74) is 2.53. The standard InChI is InChI=1S/C16H15BrClNO/c1-10(2)12-5-3-4-6-15(12)19-16(20)11-7-8-14(18)13(17)9-11/h3-10H,1-2H3,(H,19,20). The van der Waals surface area contributed by atoms with Crippen molar-refractivity contribution < 1.29 is 4.79 Å². The molecule has 0 aliphatic heterocycles. The molecule has 2 aromatic carbocycles. The number of para-hydroxylation sites is 1. The van der Waals surface area contributed by atoms with Crippen LogP contribution in [0.5, 0.6) is 0 Å². The van der Waals surface area contributed by atoms with E-state index in [1.165, 1.54) is 0 Å². The van der Waals surface area contributed by atoms with E-state index in [1.807, 2.05) is 24.3 Å². The van der Waals surface area contributed by atoms with E-state index in [2.05, 4.69) is 35.1 Å². The van der Waals surface area contributed by atoms with Crippen molar-refractivity contribution in [3.8, 4) is 0 Å². The Hall–Kier alpha value is -1.32. The molecule has 0 saturated carbocycles. The van der Waals surface area contributed by atoms with Gasteiger partial charge in [-0.3, -0.25) is 4.79 Å². The Morgan fingerprint density at radius 3 is 2.55 bits per heavy atom. The van der Waals surface area contributed by atoms with Gasteiger partial charge in [-0.15, -0.1) is 0 Å². The highest BCUT2D eigenvalue weighted by Crippen LogP contribution is 2.26. The van der Waals surface area contributed by atoms with Gasteiger partial charge >= 0.3 is 0 Å². The summed E-state index contributed by atoms with van der Waals surface area (Å²) in [6.45, 7) is 4.20. The van der Waals surface area contributed by atoms with Crippen LogP contribution >= 0.6 is 27.5 Å². The van der Waals surface area contributed by atoms with Gasteiger partial charge in [-0.05, 0) is 51.7 Å². The van der Waals surface area contributed by atoms with E-state index in [9.17, 15) is 4.79 Å². The Bertz CT molecular complexity index is 640. The molecular weight excluding hydrogens is 338 g/mol. The fraction of sp³-hybridized carbons (Fsp3) is 0.188. The maximum Gasteiger partial charge on any atom is 0.255 e. The van der Waals surface area contributed by atoms with E-state index < -0.39 is 0 Å². The first-order chi connectivity index (χ1) is 9.49. The molecule has 20 heavy (non-hydrogen) atoms. The number of anilines is 1. The lowest BCUT2D eigenvalue weighted by Gasteiger charge is -2.13. The molecule has 0 atom stereocenters. The molecule has 104 valence electrons. The van der Waals surface area contributed by atoms with Gasteiger partial charge in [0, 0.05) is 15.7 Å². The zero-order valence-electron chi connectivity index (χ0n) is 11.3. The summed E-state index contributed by atoms with van der Waals surface area (Å²) in [6, 6.07) is 13.0. The Kier molecular flexibility index (Phi) is 4.84. The maximum absolute atomic E-state index is 12.3. The number of hydrogen-bond acceptors (Lipinski definition) is 1. The molecule has 0 aromatic heterocycles. The van der Waals surface area contributed by atoms with Gasteiger partial charge in [0.05, 0.1) is 5.02 Å². The molecule has 1 N–H and O–H groups in total. The van der Waals surface area contributed by atoms with Gasteiger partial charge in [-0.25, -0.2) is 0 Å². The second-order valence-corrected chi connectivity index (χ2v) is 6.09. The highest BCUT2D eigenvalue weighted by Gasteiger charge is 2.11. The van der Waals surface area contributed by atoms with Crippen molar-refractivity contribution in [2.45, 2.75) is 19.8 Å². The first-order valence-corrected chi connectivity index (χ1v) is 7.51. The molecule has 0 aliphatic carbocycles. The number of carbonyl (C=O) groups excluding carboxylic acids is 1. The monoisotopic (exact) mass is 351 g/mol. The molecule has 0 unspecified atom stereocenters. The van der Waals surface area contributed by atoms with E-state index in [0.29, 0.717) is 21.0 Å². The molecule has 2 rings (SSSR count). The average molecular weight is 353 g/mol. The molecule has 0 bridgehead atoms. The largest absolute Gasteiger partial charge is 0.322 e. The smallest absolute Gasteiger partial charge is 0.255 e. The molecule has 2 aromatic rings. The molecule has 1 amide bonds. The van der Waals surface area contributed by atoms with Crippen LogP contribution in [0, 0.1) is 0 Å². The van der Waals surface area contributed by atoms with Crippen LogP contribution in [0.2, 0.25) is 5.02 Å². The topological polar surface area (TPSA) is 29.1 Å². The highest BCUT2D eigenvalue weighted by atomic mass is 79.9. The third kappa shape index (κ3) is 3.41. The third-order valence-corrected chi connectivity index (χ3v) is 4.23. The number of nitrogens with one attached hydrogen (secondary N) is 1. The first kappa shape index (κ1) is 15.1. The van der Waals surface area contributed by atoms with E-state index >= 15 is 0 Å². The zero-order valence-corrected chi connectivity index (χ0v) is 13.6. The maximum atomic E-state index is 12.3. The van der Waals surface area contributed by atoms with Gasteiger partial charge in [0.15, 0.2) is 0 Å². The minimum atomic E-state index is -0.143. The number of hydrogen-bond donors (Lipinski definition) is 1. The number of carbonyl (C=O) groups is 1. The van der Waals surface area contributed by atoms with Crippen molar-refractivity contribution in [2.24, 2.45) is 0 Å². The van der Waals surface area contributed by atoms with E-state index in [0.717, 1.165) is 11.3 Å². The van der Waals surface area contributed by atoms with Crippen molar-refractivity contribution in [3.63, 3.8) is 0 Å². The second-order valence-electron chi connectivity index (χ2n) is 4.82. The summed E-state index contributed by atoms with van der Waals surface area (Å²) < 4.78 is 0.712. The fourth-order valence-corrected chi connectivity index (χ4v) is 2.44. The summed E-state index contributed by atoms with van der Waals surface area (Å²) in [4.78, 5) is 12.3. The Labute approximate surface area is 132 Å². The number of halogens is 2. The molecule has 2 nitrogen and oxygen atoms in total. The average Bonchev–Trinajstić information content (AvgIpc) is 2.42. The minimum Gasteiger partial charge on any atom is -0.322 e. The molecule has 0 aliphatic rings. The van der Waals surface area contributed by atoms with Crippen LogP contribution in [0.4, 0.5) is 5.69 Å². The predicted octanol–water partition coefficient (Wildman–Crippen LogP) is 5.48. The van der Waals surface area contributed by atoms with Crippen LogP contribution in [0.25, 0.3) is 0 Å². The SMILES string of the molecule is CC(C)c1ccccc1NC(=O)c1ccc(Cl)c(Br)c1. The van der Waals surface area contributed by atoms with Crippen molar-refractivity contribution in [1.82, 2.24) is 0 Å². The number of amides is 1. The summed E-state index contributed by atoms with van der Waals surface area (Å²) in [5.74, 6) is 0.207. The minimum absolute atomic E-state index is 0.143. The Morgan fingerprint density at radius 1 is 1.20 bits per heavy atom. The number of benzene rings is 2. The summed E-state index contributed by atoms with van der Waals surface area (Å²) in [6.07, 6.45) is 0. The molecule has 0 heterocycles. The summed E-state index contributed by atoms with van der Waals surface area (Å²) >= 11 is 9.26. The summed E-state index contributed by atoms with van der Waals surface area (Å²) in [7, 11) is 0. The summed E-state index contributed by atoms with van der Waals surface area (Å²) in [5, 5.41) is 3.54. The highest BCUT2D eigenvalue weighted by molar-refractivity contribution is 9.10. The lowest BCUT2D eigenvalue weighted by Crippen LogP contribution is -2.13. The van der Waals surface area contributed by atoms with E-state index in [4.69, 9.17) is 11.6 Å². The molecule has 0 radical (unpaired) electrons. The zero-order chi connectivity index (χ0) is 14.7. The predicted molar refractivity (Wildman–Crippen MR) is 87.6 cm³/mol. The van der Waals surface area contributed by atoms with Gasteiger partial charge in [0.2, 0.25) is 0 Å². The van der Waals surface area contributed by atoms with Crippen LogP contribution in [0.1, 0.15) is 35.7 Å². The normalized spacial score (nSPS) is 10.7. The Balaban J connectivity index is 2.26. The van der Waals surface area contributed by atoms with Gasteiger partial charge in [-0.2, -0.15) is 0 Å².